The first-order valence-electron chi connectivity index (χ1n) is 11.9. The van der Waals surface area contributed by atoms with Gasteiger partial charge in [-0.2, -0.15) is 0 Å². The fourth-order valence-electron chi connectivity index (χ4n) is 4.39. The van der Waals surface area contributed by atoms with E-state index in [0.29, 0.717) is 48.8 Å². The van der Waals surface area contributed by atoms with E-state index in [1.165, 1.54) is 0 Å². The quantitative estimate of drug-likeness (QED) is 0.366. The van der Waals surface area contributed by atoms with Gasteiger partial charge < -0.3 is 30.1 Å². The molecule has 3 amide bonds. The Kier molecular flexibility index (Phi) is 8.35. The average Bonchev–Trinajstić information content (AvgIpc) is 2.89. The summed E-state index contributed by atoms with van der Waals surface area (Å²) >= 11 is 3.42. The second-order valence-corrected chi connectivity index (χ2v) is 9.87. The molecule has 1 fully saturated rings. The van der Waals surface area contributed by atoms with Crippen molar-refractivity contribution in [3.05, 3.63) is 82.3 Å². The number of urea groups is 1. The number of ether oxygens (including phenoxy) is 2. The molecule has 8 nitrogen and oxygen atoms in total. The van der Waals surface area contributed by atoms with Crippen LogP contribution in [0.5, 0.6) is 11.5 Å². The number of rotatable bonds is 7. The Bertz CT molecular complexity index is 1260. The molecule has 1 aliphatic heterocycles. The van der Waals surface area contributed by atoms with E-state index in [1.807, 2.05) is 30.3 Å². The first kappa shape index (κ1) is 26.5. The predicted molar refractivity (Wildman–Crippen MR) is 146 cm³/mol. The summed E-state index contributed by atoms with van der Waals surface area (Å²) in [4.78, 5) is 27.2. The molecule has 0 unspecified atom stereocenters. The largest absolute Gasteiger partial charge is 0.493 e. The summed E-state index contributed by atoms with van der Waals surface area (Å²) in [5.74, 6) is 0.964. The first-order valence-corrected chi connectivity index (χ1v) is 12.7. The Morgan fingerprint density at radius 3 is 2.22 bits per heavy atom. The third kappa shape index (κ3) is 6.61. The molecule has 0 spiro atoms. The lowest BCUT2D eigenvalue weighted by molar-refractivity contribution is -0.115. The molecule has 37 heavy (non-hydrogen) atoms. The Hall–Kier alpha value is -3.56. The number of likely N-dealkylation sites (tertiary alicyclic amines) is 1. The standard InChI is InChI=1S/C28H30BrN3O5/c1-36-24-11-6-19(16-25(24)37-2)17-26(33)30-22-4-3-5-23(18-22)31-27(34)32-14-12-28(35,13-15-32)20-7-9-21(29)10-8-20/h3-11,16,18,35H,12-15,17H2,1-2H3,(H,30,33)(H,31,34). The molecule has 3 N–H and O–H groups in total. The van der Waals surface area contributed by atoms with E-state index in [1.54, 1.807) is 55.5 Å². The zero-order valence-corrected chi connectivity index (χ0v) is 22.4. The number of benzene rings is 3. The van der Waals surface area contributed by atoms with Crippen molar-refractivity contribution in [1.29, 1.82) is 0 Å². The van der Waals surface area contributed by atoms with Crippen LogP contribution in [-0.2, 0) is 16.8 Å². The van der Waals surface area contributed by atoms with Gasteiger partial charge in [0.1, 0.15) is 0 Å². The Balaban J connectivity index is 1.32. The van der Waals surface area contributed by atoms with Gasteiger partial charge in [0, 0.05) is 28.9 Å². The van der Waals surface area contributed by atoms with Gasteiger partial charge in [0.05, 0.1) is 26.2 Å². The highest BCUT2D eigenvalue weighted by atomic mass is 79.9. The van der Waals surface area contributed by atoms with Crippen molar-refractivity contribution in [3.63, 3.8) is 0 Å². The van der Waals surface area contributed by atoms with Crippen LogP contribution in [0.3, 0.4) is 0 Å². The maximum atomic E-state index is 12.9. The number of hydrogen-bond acceptors (Lipinski definition) is 5. The van der Waals surface area contributed by atoms with Gasteiger partial charge in [0.25, 0.3) is 0 Å². The highest BCUT2D eigenvalue weighted by molar-refractivity contribution is 9.10. The molecule has 1 saturated heterocycles. The predicted octanol–water partition coefficient (Wildman–Crippen LogP) is 5.16. The van der Waals surface area contributed by atoms with E-state index in [0.717, 1.165) is 15.6 Å². The molecular weight excluding hydrogens is 538 g/mol. The lowest BCUT2D eigenvalue weighted by Crippen LogP contribution is -2.46. The van der Waals surface area contributed by atoms with Gasteiger partial charge in [-0.1, -0.05) is 40.2 Å². The van der Waals surface area contributed by atoms with Crippen molar-refractivity contribution < 1.29 is 24.2 Å². The van der Waals surface area contributed by atoms with Crippen LogP contribution in [0.1, 0.15) is 24.0 Å². The number of hydrogen-bond donors (Lipinski definition) is 3. The van der Waals surface area contributed by atoms with E-state index in [-0.39, 0.29) is 18.4 Å². The molecule has 0 bridgehead atoms. The number of carbonyl (C=O) groups excluding carboxylic acids is 2. The molecule has 9 heteroatoms. The average molecular weight is 568 g/mol. The summed E-state index contributed by atoms with van der Waals surface area (Å²) in [7, 11) is 3.11. The fraction of sp³-hybridized carbons (Fsp3) is 0.286. The van der Waals surface area contributed by atoms with Crippen LogP contribution >= 0.6 is 15.9 Å². The second-order valence-electron chi connectivity index (χ2n) is 8.95. The normalized spacial score (nSPS) is 14.5. The van der Waals surface area contributed by atoms with Gasteiger partial charge in [-0.15, -0.1) is 0 Å². The van der Waals surface area contributed by atoms with Crippen LogP contribution in [0.15, 0.2) is 71.2 Å². The van der Waals surface area contributed by atoms with Gasteiger partial charge in [-0.05, 0) is 66.4 Å². The highest BCUT2D eigenvalue weighted by Crippen LogP contribution is 2.34. The van der Waals surface area contributed by atoms with Crippen LogP contribution in [0.25, 0.3) is 0 Å². The van der Waals surface area contributed by atoms with Crippen LogP contribution in [-0.4, -0.2) is 49.3 Å². The first-order chi connectivity index (χ1) is 17.8. The summed E-state index contributed by atoms with van der Waals surface area (Å²) in [5, 5.41) is 16.8. The molecule has 1 aliphatic rings. The van der Waals surface area contributed by atoms with E-state index < -0.39 is 5.60 Å². The number of aliphatic hydroxyl groups is 1. The third-order valence-electron chi connectivity index (χ3n) is 6.47. The van der Waals surface area contributed by atoms with Crippen molar-refractivity contribution in [2.45, 2.75) is 24.9 Å². The minimum Gasteiger partial charge on any atom is -0.493 e. The van der Waals surface area contributed by atoms with Crippen molar-refractivity contribution in [2.24, 2.45) is 0 Å². The lowest BCUT2D eigenvalue weighted by atomic mass is 9.84. The SMILES string of the molecule is COc1ccc(CC(=O)Nc2cccc(NC(=O)N3CCC(O)(c4ccc(Br)cc4)CC3)c2)cc1OC. The number of nitrogens with one attached hydrogen (secondary N) is 2. The highest BCUT2D eigenvalue weighted by Gasteiger charge is 2.35. The van der Waals surface area contributed by atoms with Crippen molar-refractivity contribution in [3.8, 4) is 11.5 Å². The monoisotopic (exact) mass is 567 g/mol. The van der Waals surface area contributed by atoms with E-state index in [4.69, 9.17) is 9.47 Å². The topological polar surface area (TPSA) is 100 Å². The van der Waals surface area contributed by atoms with Crippen molar-refractivity contribution in [2.75, 3.05) is 37.9 Å². The van der Waals surface area contributed by atoms with Gasteiger partial charge in [-0.25, -0.2) is 4.79 Å². The van der Waals surface area contributed by atoms with Crippen LogP contribution in [0.4, 0.5) is 16.2 Å². The molecule has 4 rings (SSSR count). The minimum absolute atomic E-state index is 0.159. The molecule has 0 aromatic heterocycles. The molecule has 0 radical (unpaired) electrons. The maximum absolute atomic E-state index is 12.9. The molecule has 194 valence electrons. The number of methoxy groups -OCH3 is 2. The molecule has 0 saturated carbocycles. The number of amides is 3. The second kappa shape index (κ2) is 11.7. The summed E-state index contributed by atoms with van der Waals surface area (Å²) in [6.45, 7) is 0.861. The smallest absolute Gasteiger partial charge is 0.321 e. The Morgan fingerprint density at radius 1 is 0.919 bits per heavy atom. The molecular formula is C28H30BrN3O5. The van der Waals surface area contributed by atoms with Gasteiger partial charge in [-0.3, -0.25) is 4.79 Å². The lowest BCUT2D eigenvalue weighted by Gasteiger charge is -2.38. The van der Waals surface area contributed by atoms with Crippen molar-refractivity contribution >= 4 is 39.2 Å². The third-order valence-corrected chi connectivity index (χ3v) is 7.00. The number of anilines is 2. The molecule has 0 aliphatic carbocycles. The summed E-state index contributed by atoms with van der Waals surface area (Å²) in [6.07, 6.45) is 1.06. The van der Waals surface area contributed by atoms with E-state index in [2.05, 4.69) is 26.6 Å². The molecule has 0 atom stereocenters. The summed E-state index contributed by atoms with van der Waals surface area (Å²) in [6, 6.07) is 19.7. The maximum Gasteiger partial charge on any atom is 0.321 e. The fourth-order valence-corrected chi connectivity index (χ4v) is 4.65. The van der Waals surface area contributed by atoms with Crippen molar-refractivity contribution in [1.82, 2.24) is 4.90 Å². The van der Waals surface area contributed by atoms with Gasteiger partial charge in [0.15, 0.2) is 11.5 Å². The zero-order chi connectivity index (χ0) is 26.4. The number of piperidine rings is 1. The zero-order valence-electron chi connectivity index (χ0n) is 20.8. The molecule has 3 aromatic rings. The van der Waals surface area contributed by atoms with Crippen LogP contribution < -0.4 is 20.1 Å². The summed E-state index contributed by atoms with van der Waals surface area (Å²) in [5.41, 5.74) is 1.84. The number of halogens is 1. The van der Waals surface area contributed by atoms with E-state index >= 15 is 0 Å². The molecule has 1 heterocycles. The number of nitrogens with zero attached hydrogens (tertiary/aromatic N) is 1. The number of carbonyl (C=O) groups is 2. The Labute approximate surface area is 224 Å². The van der Waals surface area contributed by atoms with Gasteiger partial charge in [0.2, 0.25) is 5.91 Å². The Morgan fingerprint density at radius 2 is 1.57 bits per heavy atom. The van der Waals surface area contributed by atoms with Gasteiger partial charge >= 0.3 is 6.03 Å². The van der Waals surface area contributed by atoms with E-state index in [9.17, 15) is 14.7 Å². The minimum atomic E-state index is -0.949. The summed E-state index contributed by atoms with van der Waals surface area (Å²) < 4.78 is 11.5. The van der Waals surface area contributed by atoms with Crippen LogP contribution in [0.2, 0.25) is 0 Å². The van der Waals surface area contributed by atoms with Crippen LogP contribution in [0, 0.1) is 0 Å². The molecule has 3 aromatic carbocycles.